The Morgan fingerprint density at radius 2 is 1.79 bits per heavy atom. The Bertz CT molecular complexity index is 1190. The molecule has 0 amide bonds. The number of alkyl halides is 3. The van der Waals surface area contributed by atoms with Crippen LogP contribution in [-0.4, -0.2) is 62.8 Å². The molecule has 3 heterocycles. The van der Waals surface area contributed by atoms with Crippen molar-refractivity contribution in [1.82, 2.24) is 14.5 Å². The van der Waals surface area contributed by atoms with E-state index >= 15 is 0 Å². The van der Waals surface area contributed by atoms with Gasteiger partial charge in [0.2, 0.25) is 0 Å². The standard InChI is InChI=1S/C23H23F3N4O4/c24-23(25,26)15-6-7-19(27-12-15)28-8-3-9-29(11-10-28)21(22(33)34)17-13-30(14-20(31)32)18-5-2-1-4-16(17)18/h1-2,4-7,12-13,21H,3,8-11,14H2,(H,31,32)(H,33,34)/t21-/m1/s1. The number of hydrogen-bond donors (Lipinski definition) is 2. The number of para-hydroxylation sites is 1. The number of aromatic nitrogens is 2. The first-order chi connectivity index (χ1) is 16.1. The molecule has 0 bridgehead atoms. The van der Waals surface area contributed by atoms with Crippen LogP contribution in [0.4, 0.5) is 19.0 Å². The summed E-state index contributed by atoms with van der Waals surface area (Å²) in [7, 11) is 0. The summed E-state index contributed by atoms with van der Waals surface area (Å²) in [5, 5.41) is 20.0. The fraction of sp³-hybridized carbons (Fsp3) is 0.348. The van der Waals surface area contributed by atoms with Gasteiger partial charge in [-0.3, -0.25) is 14.5 Å². The molecule has 34 heavy (non-hydrogen) atoms. The summed E-state index contributed by atoms with van der Waals surface area (Å²) >= 11 is 0. The number of anilines is 1. The first kappa shape index (κ1) is 23.6. The number of carbonyl (C=O) groups is 2. The van der Waals surface area contributed by atoms with Crippen LogP contribution in [-0.2, 0) is 22.3 Å². The molecule has 1 atom stereocenters. The summed E-state index contributed by atoms with van der Waals surface area (Å²) in [5.41, 5.74) is 0.318. The molecule has 1 fully saturated rings. The third kappa shape index (κ3) is 4.84. The molecule has 4 rings (SSSR count). The van der Waals surface area contributed by atoms with Gasteiger partial charge in [-0.25, -0.2) is 4.98 Å². The maximum Gasteiger partial charge on any atom is 0.417 e. The number of fused-ring (bicyclic) bond motifs is 1. The molecule has 2 N–H and O–H groups in total. The second kappa shape index (κ2) is 9.34. The largest absolute Gasteiger partial charge is 0.480 e. The van der Waals surface area contributed by atoms with E-state index in [9.17, 15) is 33.0 Å². The van der Waals surface area contributed by atoms with Crippen LogP contribution in [0.1, 0.15) is 23.6 Å². The lowest BCUT2D eigenvalue weighted by molar-refractivity contribution is -0.143. The fourth-order valence-corrected chi connectivity index (χ4v) is 4.42. The highest BCUT2D eigenvalue weighted by molar-refractivity contribution is 5.90. The van der Waals surface area contributed by atoms with E-state index in [1.807, 2.05) is 4.90 Å². The van der Waals surface area contributed by atoms with E-state index in [4.69, 9.17) is 0 Å². The monoisotopic (exact) mass is 476 g/mol. The highest BCUT2D eigenvalue weighted by Gasteiger charge is 2.33. The topological polar surface area (TPSA) is 98.9 Å². The quantitative estimate of drug-likeness (QED) is 0.562. The van der Waals surface area contributed by atoms with Crippen molar-refractivity contribution in [2.45, 2.75) is 25.2 Å². The molecular formula is C23H23F3N4O4. The second-order valence-electron chi connectivity index (χ2n) is 8.14. The number of carboxylic acid groups (broad SMARTS) is 2. The average molecular weight is 476 g/mol. The molecule has 3 aromatic rings. The van der Waals surface area contributed by atoms with Crippen LogP contribution in [0.2, 0.25) is 0 Å². The molecule has 2 aromatic heterocycles. The average Bonchev–Trinajstić information content (AvgIpc) is 2.95. The van der Waals surface area contributed by atoms with Gasteiger partial charge in [0, 0.05) is 55.0 Å². The van der Waals surface area contributed by atoms with Crippen molar-refractivity contribution in [2.75, 3.05) is 31.1 Å². The molecule has 8 nitrogen and oxygen atoms in total. The summed E-state index contributed by atoms with van der Waals surface area (Å²) in [4.78, 5) is 31.3. The predicted molar refractivity (Wildman–Crippen MR) is 118 cm³/mol. The van der Waals surface area contributed by atoms with Crippen molar-refractivity contribution in [2.24, 2.45) is 0 Å². The second-order valence-corrected chi connectivity index (χ2v) is 8.14. The highest BCUT2D eigenvalue weighted by atomic mass is 19.4. The Hall–Kier alpha value is -3.60. The van der Waals surface area contributed by atoms with Crippen molar-refractivity contribution in [3.63, 3.8) is 0 Å². The summed E-state index contributed by atoms with van der Waals surface area (Å²) in [6.07, 6.45) is -1.50. The minimum absolute atomic E-state index is 0.291. The van der Waals surface area contributed by atoms with Gasteiger partial charge in [-0.05, 0) is 24.6 Å². The van der Waals surface area contributed by atoms with E-state index < -0.39 is 29.7 Å². The molecule has 0 saturated carbocycles. The smallest absolute Gasteiger partial charge is 0.417 e. The number of carboxylic acids is 2. The number of nitrogens with zero attached hydrogens (tertiary/aromatic N) is 4. The van der Waals surface area contributed by atoms with Gasteiger partial charge in [0.1, 0.15) is 18.4 Å². The fourth-order valence-electron chi connectivity index (χ4n) is 4.42. The van der Waals surface area contributed by atoms with Crippen LogP contribution in [0.15, 0.2) is 48.8 Å². The zero-order valence-corrected chi connectivity index (χ0v) is 18.1. The van der Waals surface area contributed by atoms with Gasteiger partial charge in [-0.15, -0.1) is 0 Å². The molecule has 0 unspecified atom stereocenters. The highest BCUT2D eigenvalue weighted by Crippen LogP contribution is 2.32. The molecule has 11 heteroatoms. The van der Waals surface area contributed by atoms with Gasteiger partial charge in [0.25, 0.3) is 0 Å². The zero-order valence-electron chi connectivity index (χ0n) is 18.1. The Balaban J connectivity index is 1.59. The van der Waals surface area contributed by atoms with Crippen molar-refractivity contribution >= 4 is 28.7 Å². The van der Waals surface area contributed by atoms with Gasteiger partial charge in [-0.1, -0.05) is 18.2 Å². The molecule has 1 saturated heterocycles. The van der Waals surface area contributed by atoms with Crippen molar-refractivity contribution in [1.29, 1.82) is 0 Å². The molecule has 1 aliphatic rings. The Labute approximate surface area is 192 Å². The number of rotatable bonds is 6. The molecular weight excluding hydrogens is 453 g/mol. The minimum Gasteiger partial charge on any atom is -0.480 e. The van der Waals surface area contributed by atoms with E-state index in [0.717, 1.165) is 12.3 Å². The van der Waals surface area contributed by atoms with Crippen LogP contribution in [0.25, 0.3) is 10.9 Å². The molecule has 180 valence electrons. The number of benzene rings is 1. The van der Waals surface area contributed by atoms with E-state index in [1.54, 1.807) is 35.4 Å². The maximum absolute atomic E-state index is 12.8. The van der Waals surface area contributed by atoms with Gasteiger partial charge in [-0.2, -0.15) is 13.2 Å². The van der Waals surface area contributed by atoms with Gasteiger partial charge in [0.15, 0.2) is 0 Å². The Kier molecular flexibility index (Phi) is 6.47. The van der Waals surface area contributed by atoms with Gasteiger partial charge < -0.3 is 19.7 Å². The molecule has 1 aliphatic heterocycles. The molecule has 0 radical (unpaired) electrons. The number of hydrogen-bond acceptors (Lipinski definition) is 5. The third-order valence-corrected chi connectivity index (χ3v) is 5.95. The summed E-state index contributed by atoms with van der Waals surface area (Å²) in [6, 6.07) is 8.38. The first-order valence-electron chi connectivity index (χ1n) is 10.7. The lowest BCUT2D eigenvalue weighted by atomic mass is 10.0. The third-order valence-electron chi connectivity index (χ3n) is 5.95. The lowest BCUT2D eigenvalue weighted by Crippen LogP contribution is -2.37. The Morgan fingerprint density at radius 1 is 1.03 bits per heavy atom. The molecule has 1 aromatic carbocycles. The number of halogens is 3. The Morgan fingerprint density at radius 3 is 2.44 bits per heavy atom. The van der Waals surface area contributed by atoms with Crippen LogP contribution < -0.4 is 4.90 Å². The first-order valence-corrected chi connectivity index (χ1v) is 10.7. The van der Waals surface area contributed by atoms with Crippen molar-refractivity contribution in [3.8, 4) is 0 Å². The van der Waals surface area contributed by atoms with Crippen LogP contribution in [0.3, 0.4) is 0 Å². The van der Waals surface area contributed by atoms with E-state index in [2.05, 4.69) is 4.98 Å². The van der Waals surface area contributed by atoms with Gasteiger partial charge >= 0.3 is 18.1 Å². The minimum atomic E-state index is -4.46. The summed E-state index contributed by atoms with van der Waals surface area (Å²) < 4.78 is 40.0. The van der Waals surface area contributed by atoms with Gasteiger partial charge in [0.05, 0.1) is 5.56 Å². The van der Waals surface area contributed by atoms with Crippen molar-refractivity contribution in [3.05, 3.63) is 59.9 Å². The van der Waals surface area contributed by atoms with Crippen LogP contribution >= 0.6 is 0 Å². The lowest BCUT2D eigenvalue weighted by Gasteiger charge is -2.27. The molecule has 0 spiro atoms. The SMILES string of the molecule is O=C(O)Cn1cc([C@H](C(=O)O)N2CCCN(c3ccc(C(F)(F)F)cn3)CC2)c2ccccc21. The summed E-state index contributed by atoms with van der Waals surface area (Å²) in [6.45, 7) is 1.41. The normalized spacial score (nSPS) is 16.4. The van der Waals surface area contributed by atoms with Crippen LogP contribution in [0, 0.1) is 0 Å². The van der Waals surface area contributed by atoms with E-state index in [-0.39, 0.29) is 6.54 Å². The van der Waals surface area contributed by atoms with Crippen molar-refractivity contribution < 1.29 is 33.0 Å². The van der Waals surface area contributed by atoms with E-state index in [0.29, 0.717) is 54.9 Å². The zero-order chi connectivity index (χ0) is 24.5. The summed E-state index contributed by atoms with van der Waals surface area (Å²) in [5.74, 6) is -1.69. The number of pyridine rings is 1. The number of aliphatic carboxylic acids is 2. The predicted octanol–water partition coefficient (Wildman–Crippen LogP) is 3.48. The van der Waals surface area contributed by atoms with Crippen LogP contribution in [0.5, 0.6) is 0 Å². The van der Waals surface area contributed by atoms with E-state index in [1.165, 1.54) is 10.6 Å². The molecule has 0 aliphatic carbocycles. The maximum atomic E-state index is 12.8.